The fourth-order valence-electron chi connectivity index (χ4n) is 4.18. The molecule has 12 heteroatoms. The van der Waals surface area contributed by atoms with E-state index < -0.39 is 0 Å². The molecule has 39 heavy (non-hydrogen) atoms. The van der Waals surface area contributed by atoms with E-state index in [-0.39, 0.29) is 40.9 Å². The summed E-state index contributed by atoms with van der Waals surface area (Å²) in [4.78, 5) is 37.7. The third-order valence-corrected chi connectivity index (χ3v) is 6.53. The first-order chi connectivity index (χ1) is 18.7. The van der Waals surface area contributed by atoms with E-state index in [9.17, 15) is 14.0 Å². The summed E-state index contributed by atoms with van der Waals surface area (Å²) in [5.41, 5.74) is 1.20. The second-order valence-corrected chi connectivity index (χ2v) is 9.65. The van der Waals surface area contributed by atoms with E-state index in [4.69, 9.17) is 0 Å². The Morgan fingerprint density at radius 2 is 2.00 bits per heavy atom. The van der Waals surface area contributed by atoms with Crippen LogP contribution in [-0.4, -0.2) is 87.7 Å². The molecule has 0 atom stereocenters. The van der Waals surface area contributed by atoms with Crippen LogP contribution in [-0.2, 0) is 11.3 Å². The van der Waals surface area contributed by atoms with Crippen LogP contribution < -0.4 is 15.8 Å². The Hall–Kier alpha value is -4.32. The zero-order valence-electron chi connectivity index (χ0n) is 22.7. The molecule has 1 aromatic carbocycles. The lowest BCUT2D eigenvalue weighted by molar-refractivity contribution is -0.104. The molecule has 1 N–H and O–H groups in total. The maximum atomic E-state index is 14.6. The normalized spacial score (nSPS) is 14.9. The Bertz CT molecular complexity index is 1470. The van der Waals surface area contributed by atoms with Crippen molar-refractivity contribution in [3.63, 3.8) is 0 Å². The molecule has 0 aliphatic carbocycles. The average molecular weight is 536 g/mol. The van der Waals surface area contributed by atoms with Crippen molar-refractivity contribution in [1.29, 1.82) is 0 Å². The van der Waals surface area contributed by atoms with Crippen LogP contribution in [0.25, 0.3) is 11.0 Å². The number of hydrogen-bond donors (Lipinski definition) is 1. The highest BCUT2D eigenvalue weighted by molar-refractivity contribution is 6.01. The number of anilines is 3. The molecule has 1 fully saturated rings. The highest BCUT2D eigenvalue weighted by Crippen LogP contribution is 2.25. The average Bonchev–Trinajstić information content (AvgIpc) is 3.17. The van der Waals surface area contributed by atoms with Crippen molar-refractivity contribution in [3.05, 3.63) is 65.4 Å². The van der Waals surface area contributed by atoms with Crippen LogP contribution >= 0.6 is 0 Å². The van der Waals surface area contributed by atoms with Crippen LogP contribution in [0.5, 0.6) is 0 Å². The van der Waals surface area contributed by atoms with Gasteiger partial charge in [-0.3, -0.25) is 14.6 Å². The summed E-state index contributed by atoms with van der Waals surface area (Å²) < 4.78 is 17.6. The predicted molar refractivity (Wildman–Crippen MR) is 152 cm³/mol. The Balaban J connectivity index is 1.79. The summed E-state index contributed by atoms with van der Waals surface area (Å²) in [7, 11) is 3.86. The summed E-state index contributed by atoms with van der Waals surface area (Å²) in [5.74, 6) is 0.104. The molecule has 4 rings (SSSR count). The first kappa shape index (κ1) is 27.7. The summed E-state index contributed by atoms with van der Waals surface area (Å²) in [6.45, 7) is 11.3. The number of rotatable bonds is 9. The molecule has 0 unspecified atom stereocenters. The van der Waals surface area contributed by atoms with Crippen LogP contribution in [0.4, 0.5) is 21.7 Å². The standard InChI is InChI=1S/C27H34FN9O2/c1-6-9-36-26(39)23-18-29-27(31-25(23)37(36)24(8-7-14-38)32-34(5)19(2)3)30-21-15-20(28)16-22(17-21)35-12-10-33(4)11-13-35/h6-8,14-19H,1,9-13H2,2-5H3,(H,29,30,31)/b8-7-,32-24+. The number of aromatic nitrogens is 4. The van der Waals surface area contributed by atoms with Gasteiger partial charge in [0.15, 0.2) is 11.5 Å². The summed E-state index contributed by atoms with van der Waals surface area (Å²) >= 11 is 0. The zero-order chi connectivity index (χ0) is 28.1. The lowest BCUT2D eigenvalue weighted by Gasteiger charge is -2.34. The maximum Gasteiger partial charge on any atom is 0.278 e. The molecule has 1 aliphatic heterocycles. The van der Waals surface area contributed by atoms with E-state index in [1.807, 2.05) is 19.9 Å². The molecular formula is C27H34FN9O2. The number of carbonyl (C=O) groups is 1. The van der Waals surface area contributed by atoms with Gasteiger partial charge in [-0.15, -0.1) is 6.58 Å². The van der Waals surface area contributed by atoms with Gasteiger partial charge in [-0.05, 0) is 51.2 Å². The molecule has 2 aromatic heterocycles. The van der Waals surface area contributed by atoms with Crippen LogP contribution in [0.2, 0.25) is 0 Å². The van der Waals surface area contributed by atoms with Crippen molar-refractivity contribution >= 4 is 40.5 Å². The van der Waals surface area contributed by atoms with Gasteiger partial charge in [-0.2, -0.15) is 10.1 Å². The third-order valence-electron chi connectivity index (χ3n) is 6.53. The number of fused-ring (bicyclic) bond motifs is 1. The van der Waals surface area contributed by atoms with E-state index in [0.29, 0.717) is 17.8 Å². The second kappa shape index (κ2) is 12.0. The predicted octanol–water partition coefficient (Wildman–Crippen LogP) is 2.67. The van der Waals surface area contributed by atoms with Crippen molar-refractivity contribution < 1.29 is 9.18 Å². The lowest BCUT2D eigenvalue weighted by Crippen LogP contribution is -2.44. The smallest absolute Gasteiger partial charge is 0.278 e. The van der Waals surface area contributed by atoms with Crippen molar-refractivity contribution in [2.75, 3.05) is 50.5 Å². The Morgan fingerprint density at radius 1 is 1.26 bits per heavy atom. The zero-order valence-corrected chi connectivity index (χ0v) is 22.7. The van der Waals surface area contributed by atoms with Crippen molar-refractivity contribution in [3.8, 4) is 0 Å². The Kier molecular flexibility index (Phi) is 8.55. The fraction of sp³-hybridized carbons (Fsp3) is 0.370. The molecule has 0 bridgehead atoms. The number of allylic oxidation sites excluding steroid dienone is 3. The SMILES string of the molecule is C=CCn1c(=O)c2cnc(Nc3cc(F)cc(N4CCN(C)CC4)c3)nc2n1C(/C=C\C=O)=N/N(C)C(C)C. The Labute approximate surface area is 226 Å². The van der Waals surface area contributed by atoms with Gasteiger partial charge in [0, 0.05) is 56.8 Å². The molecule has 206 valence electrons. The summed E-state index contributed by atoms with van der Waals surface area (Å²) in [6, 6.07) is 4.80. The summed E-state index contributed by atoms with van der Waals surface area (Å²) in [5, 5.41) is 9.68. The van der Waals surface area contributed by atoms with Crippen molar-refractivity contribution in [2.45, 2.75) is 26.4 Å². The molecule has 0 amide bonds. The lowest BCUT2D eigenvalue weighted by atomic mass is 10.2. The summed E-state index contributed by atoms with van der Waals surface area (Å²) in [6.07, 6.45) is 6.46. The van der Waals surface area contributed by atoms with Gasteiger partial charge in [-0.1, -0.05) is 6.08 Å². The first-order valence-electron chi connectivity index (χ1n) is 12.8. The highest BCUT2D eigenvalue weighted by Gasteiger charge is 2.20. The van der Waals surface area contributed by atoms with E-state index in [1.54, 1.807) is 18.1 Å². The van der Waals surface area contributed by atoms with Crippen molar-refractivity contribution in [2.24, 2.45) is 5.10 Å². The van der Waals surface area contributed by atoms with Crippen LogP contribution in [0, 0.1) is 5.82 Å². The fourth-order valence-corrected chi connectivity index (χ4v) is 4.18. The second-order valence-electron chi connectivity index (χ2n) is 9.65. The van der Waals surface area contributed by atoms with E-state index in [0.717, 1.165) is 31.9 Å². The van der Waals surface area contributed by atoms with Crippen molar-refractivity contribution in [1.82, 2.24) is 29.2 Å². The number of hydrogen-bond acceptors (Lipinski definition) is 9. The maximum absolute atomic E-state index is 14.6. The van der Waals surface area contributed by atoms with Gasteiger partial charge >= 0.3 is 0 Å². The first-order valence-corrected chi connectivity index (χ1v) is 12.8. The molecule has 11 nitrogen and oxygen atoms in total. The molecule has 3 aromatic rings. The molecule has 0 radical (unpaired) electrons. The Morgan fingerprint density at radius 3 is 2.67 bits per heavy atom. The molecule has 0 saturated carbocycles. The number of piperazine rings is 1. The highest BCUT2D eigenvalue weighted by atomic mass is 19.1. The number of nitrogens with zero attached hydrogens (tertiary/aromatic N) is 8. The largest absolute Gasteiger partial charge is 0.369 e. The molecule has 1 saturated heterocycles. The van der Waals surface area contributed by atoms with Crippen LogP contribution in [0.1, 0.15) is 13.8 Å². The molecule has 3 heterocycles. The number of hydrazone groups is 1. The molecule has 0 spiro atoms. The van der Waals surface area contributed by atoms with Gasteiger partial charge < -0.3 is 15.1 Å². The minimum atomic E-state index is -0.380. The van der Waals surface area contributed by atoms with Crippen LogP contribution in [0.3, 0.4) is 0 Å². The number of carbonyl (C=O) groups excluding carboxylic acids is 1. The van der Waals surface area contributed by atoms with E-state index >= 15 is 0 Å². The minimum absolute atomic E-state index is 0.0559. The van der Waals surface area contributed by atoms with Gasteiger partial charge in [0.25, 0.3) is 5.56 Å². The monoisotopic (exact) mass is 535 g/mol. The molecule has 1 aliphatic rings. The number of likely N-dealkylation sites (N-methyl/N-ethyl adjacent to an activating group) is 1. The minimum Gasteiger partial charge on any atom is -0.369 e. The van der Waals surface area contributed by atoms with E-state index in [1.165, 1.54) is 39.8 Å². The van der Waals surface area contributed by atoms with Gasteiger partial charge in [0.05, 0.1) is 6.54 Å². The number of nitrogens with one attached hydrogen (secondary N) is 1. The van der Waals surface area contributed by atoms with E-state index in [2.05, 4.69) is 43.8 Å². The molecular weight excluding hydrogens is 501 g/mol. The van der Waals surface area contributed by atoms with Crippen LogP contribution in [0.15, 0.2) is 59.1 Å². The topological polar surface area (TPSA) is 104 Å². The number of halogens is 1. The number of aldehydes is 1. The van der Waals surface area contributed by atoms with Gasteiger partial charge in [0.2, 0.25) is 5.95 Å². The quantitative estimate of drug-likeness (QED) is 0.111. The van der Waals surface area contributed by atoms with Gasteiger partial charge in [0.1, 0.15) is 17.5 Å². The third kappa shape index (κ3) is 6.23. The van der Waals surface area contributed by atoms with Gasteiger partial charge in [-0.25, -0.2) is 18.7 Å². The number of benzene rings is 1.